The zero-order valence-corrected chi connectivity index (χ0v) is 17.2. The third kappa shape index (κ3) is 6.38. The number of hydrogen-bond donors (Lipinski definition) is 1. The van der Waals surface area contributed by atoms with Crippen LogP contribution in [-0.4, -0.2) is 32.7 Å². The molecule has 0 heterocycles. The Morgan fingerprint density at radius 1 is 1.07 bits per heavy atom. The molecule has 6 nitrogen and oxygen atoms in total. The molecule has 0 aromatic heterocycles. The van der Waals surface area contributed by atoms with Gasteiger partial charge in [0.1, 0.15) is 0 Å². The van der Waals surface area contributed by atoms with Gasteiger partial charge in [-0.15, -0.1) is 0 Å². The lowest BCUT2D eigenvalue weighted by Gasteiger charge is -2.17. The molecule has 154 valence electrons. The van der Waals surface area contributed by atoms with Crippen molar-refractivity contribution in [3.63, 3.8) is 0 Å². The molecule has 0 aliphatic carbocycles. The standard InChI is InChI=1S/C23H27NO5/c1-5-19(17-11-9-16(2)10-12-17)24-21(25)15-29-22(26)14-13-18-7-6-8-20(27-3)23(18)28-4/h6-14,19H,5,15H2,1-4H3,(H,24,25)/b14-13+/t19-/m0/s1. The summed E-state index contributed by atoms with van der Waals surface area (Å²) in [6.45, 7) is 3.65. The van der Waals surface area contributed by atoms with Crippen LogP contribution in [0.5, 0.6) is 11.5 Å². The summed E-state index contributed by atoms with van der Waals surface area (Å²) in [7, 11) is 3.06. The number of carbonyl (C=O) groups is 2. The van der Waals surface area contributed by atoms with E-state index < -0.39 is 5.97 Å². The molecule has 6 heteroatoms. The Balaban J connectivity index is 1.90. The Hall–Kier alpha value is -3.28. The molecule has 0 bridgehead atoms. The highest BCUT2D eigenvalue weighted by atomic mass is 16.5. The molecule has 0 aliphatic heterocycles. The maximum atomic E-state index is 12.2. The van der Waals surface area contributed by atoms with Crippen LogP contribution in [0.25, 0.3) is 6.08 Å². The summed E-state index contributed by atoms with van der Waals surface area (Å²) in [5.74, 6) is 0.108. The maximum absolute atomic E-state index is 12.2. The highest BCUT2D eigenvalue weighted by Crippen LogP contribution is 2.31. The van der Waals surface area contributed by atoms with Crippen LogP contribution in [0.2, 0.25) is 0 Å². The topological polar surface area (TPSA) is 73.9 Å². The van der Waals surface area contributed by atoms with E-state index in [1.165, 1.54) is 13.2 Å². The Labute approximate surface area is 171 Å². The van der Waals surface area contributed by atoms with Crippen molar-refractivity contribution in [1.29, 1.82) is 0 Å². The first-order chi connectivity index (χ1) is 14.0. The van der Waals surface area contributed by atoms with Gasteiger partial charge in [0, 0.05) is 11.6 Å². The second-order valence-electron chi connectivity index (χ2n) is 6.46. The number of nitrogens with one attached hydrogen (secondary N) is 1. The van der Waals surface area contributed by atoms with E-state index in [0.29, 0.717) is 17.1 Å². The molecule has 0 radical (unpaired) electrons. The quantitative estimate of drug-likeness (QED) is 0.514. The van der Waals surface area contributed by atoms with Gasteiger partial charge in [-0.25, -0.2) is 4.79 Å². The third-order valence-electron chi connectivity index (χ3n) is 4.40. The molecule has 1 amide bonds. The lowest BCUT2D eigenvalue weighted by atomic mass is 10.0. The Kier molecular flexibility index (Phi) is 8.27. The summed E-state index contributed by atoms with van der Waals surface area (Å²) in [6.07, 6.45) is 3.54. The number of carbonyl (C=O) groups excluding carboxylic acids is 2. The van der Waals surface area contributed by atoms with Gasteiger partial charge in [0.15, 0.2) is 18.1 Å². The van der Waals surface area contributed by atoms with Gasteiger partial charge in [0.25, 0.3) is 5.91 Å². The van der Waals surface area contributed by atoms with Gasteiger partial charge in [0.05, 0.1) is 20.3 Å². The van der Waals surface area contributed by atoms with Crippen molar-refractivity contribution in [2.75, 3.05) is 20.8 Å². The fraction of sp³-hybridized carbons (Fsp3) is 0.304. The largest absolute Gasteiger partial charge is 0.493 e. The van der Waals surface area contributed by atoms with Crippen LogP contribution in [0.4, 0.5) is 0 Å². The van der Waals surface area contributed by atoms with Crippen molar-refractivity contribution in [3.8, 4) is 11.5 Å². The van der Waals surface area contributed by atoms with E-state index in [1.807, 2.05) is 38.1 Å². The number of hydrogen-bond acceptors (Lipinski definition) is 5. The molecule has 0 unspecified atom stereocenters. The van der Waals surface area contributed by atoms with Crippen LogP contribution in [0.3, 0.4) is 0 Å². The first-order valence-electron chi connectivity index (χ1n) is 9.40. The molecule has 0 saturated carbocycles. The van der Waals surface area contributed by atoms with Gasteiger partial charge in [-0.3, -0.25) is 4.79 Å². The van der Waals surface area contributed by atoms with Crippen LogP contribution in [0.15, 0.2) is 48.5 Å². The van der Waals surface area contributed by atoms with Crippen molar-refractivity contribution in [3.05, 3.63) is 65.2 Å². The second-order valence-corrected chi connectivity index (χ2v) is 6.46. The predicted molar refractivity (Wildman–Crippen MR) is 112 cm³/mol. The third-order valence-corrected chi connectivity index (χ3v) is 4.40. The molecule has 0 aliphatic rings. The Morgan fingerprint density at radius 3 is 2.41 bits per heavy atom. The van der Waals surface area contributed by atoms with Crippen molar-refractivity contribution in [2.45, 2.75) is 26.3 Å². The fourth-order valence-corrected chi connectivity index (χ4v) is 2.84. The number of esters is 1. The Morgan fingerprint density at radius 2 is 1.79 bits per heavy atom. The summed E-state index contributed by atoms with van der Waals surface area (Å²) >= 11 is 0. The number of aryl methyl sites for hydroxylation is 1. The second kappa shape index (κ2) is 10.9. The lowest BCUT2D eigenvalue weighted by molar-refractivity contribution is -0.144. The fourth-order valence-electron chi connectivity index (χ4n) is 2.84. The summed E-state index contributed by atoms with van der Waals surface area (Å²) < 4.78 is 15.6. The van der Waals surface area contributed by atoms with E-state index >= 15 is 0 Å². The average molecular weight is 397 g/mol. The summed E-state index contributed by atoms with van der Waals surface area (Å²) in [5, 5.41) is 2.89. The molecule has 1 atom stereocenters. The molecule has 0 fully saturated rings. The van der Waals surface area contributed by atoms with Gasteiger partial charge in [-0.1, -0.05) is 48.9 Å². The van der Waals surface area contributed by atoms with Crippen LogP contribution in [0.1, 0.15) is 36.1 Å². The molecule has 2 rings (SSSR count). The maximum Gasteiger partial charge on any atom is 0.331 e. The van der Waals surface area contributed by atoms with Crippen molar-refractivity contribution in [1.82, 2.24) is 5.32 Å². The normalized spacial score (nSPS) is 11.7. The van der Waals surface area contributed by atoms with Crippen LogP contribution >= 0.6 is 0 Å². The first kappa shape index (κ1) is 22.0. The zero-order chi connectivity index (χ0) is 21.2. The van der Waals surface area contributed by atoms with Gasteiger partial charge >= 0.3 is 5.97 Å². The lowest BCUT2D eigenvalue weighted by Crippen LogP contribution is -2.32. The van der Waals surface area contributed by atoms with E-state index in [1.54, 1.807) is 31.4 Å². The number of para-hydroxylation sites is 1. The SMILES string of the molecule is CC[C@H](NC(=O)COC(=O)/C=C/c1cccc(OC)c1OC)c1ccc(C)cc1. The van der Waals surface area contributed by atoms with Gasteiger partial charge < -0.3 is 19.5 Å². The van der Waals surface area contributed by atoms with Crippen molar-refractivity contribution >= 4 is 18.0 Å². The molecular weight excluding hydrogens is 370 g/mol. The monoisotopic (exact) mass is 397 g/mol. The minimum absolute atomic E-state index is 0.126. The van der Waals surface area contributed by atoms with E-state index in [9.17, 15) is 9.59 Å². The van der Waals surface area contributed by atoms with E-state index in [4.69, 9.17) is 14.2 Å². The Bertz CT molecular complexity index is 858. The smallest absolute Gasteiger partial charge is 0.331 e. The van der Waals surface area contributed by atoms with Crippen molar-refractivity contribution in [2.24, 2.45) is 0 Å². The molecule has 0 saturated heterocycles. The summed E-state index contributed by atoms with van der Waals surface area (Å²) in [5.41, 5.74) is 2.84. The predicted octanol–water partition coefficient (Wildman–Crippen LogP) is 3.84. The first-order valence-corrected chi connectivity index (χ1v) is 9.40. The van der Waals surface area contributed by atoms with Crippen LogP contribution in [0, 0.1) is 6.92 Å². The molecule has 2 aromatic rings. The molecular formula is C23H27NO5. The number of benzene rings is 2. The van der Waals surface area contributed by atoms with Crippen LogP contribution in [-0.2, 0) is 14.3 Å². The summed E-state index contributed by atoms with van der Waals surface area (Å²) in [4.78, 5) is 24.1. The zero-order valence-electron chi connectivity index (χ0n) is 17.2. The number of rotatable bonds is 9. The number of amides is 1. The van der Waals surface area contributed by atoms with E-state index in [0.717, 1.165) is 17.5 Å². The van der Waals surface area contributed by atoms with E-state index in [2.05, 4.69) is 5.32 Å². The minimum Gasteiger partial charge on any atom is -0.493 e. The minimum atomic E-state index is -0.617. The number of ether oxygens (including phenoxy) is 3. The van der Waals surface area contributed by atoms with Crippen molar-refractivity contribution < 1.29 is 23.8 Å². The van der Waals surface area contributed by atoms with Gasteiger partial charge in [0.2, 0.25) is 0 Å². The highest BCUT2D eigenvalue weighted by molar-refractivity contribution is 5.90. The number of methoxy groups -OCH3 is 2. The summed E-state index contributed by atoms with van der Waals surface area (Å²) in [6, 6.07) is 13.2. The highest BCUT2D eigenvalue weighted by Gasteiger charge is 2.14. The molecule has 29 heavy (non-hydrogen) atoms. The average Bonchev–Trinajstić information content (AvgIpc) is 2.74. The van der Waals surface area contributed by atoms with E-state index in [-0.39, 0.29) is 18.6 Å². The van der Waals surface area contributed by atoms with Gasteiger partial charge in [-0.05, 0) is 31.1 Å². The molecule has 2 aromatic carbocycles. The van der Waals surface area contributed by atoms with Gasteiger partial charge in [-0.2, -0.15) is 0 Å². The molecule has 0 spiro atoms. The molecule has 1 N–H and O–H groups in total. The van der Waals surface area contributed by atoms with Crippen LogP contribution < -0.4 is 14.8 Å².